The minimum absolute atomic E-state index is 0.294. The summed E-state index contributed by atoms with van der Waals surface area (Å²) < 4.78 is 18.9. The fraction of sp³-hybridized carbons (Fsp3) is 0.200. The molecule has 0 spiro atoms. The van der Waals surface area contributed by atoms with E-state index in [1.165, 1.54) is 6.07 Å². The van der Waals surface area contributed by atoms with Crippen LogP contribution in [-0.4, -0.2) is 31.2 Å². The van der Waals surface area contributed by atoms with E-state index in [0.717, 1.165) is 43.1 Å². The Hall–Kier alpha value is -2.57. The number of ether oxygens (including phenoxy) is 1. The zero-order chi connectivity index (χ0) is 16.1. The molecule has 1 aliphatic rings. The van der Waals surface area contributed by atoms with E-state index in [1.807, 2.05) is 24.3 Å². The monoisotopic (exact) mass is 307 g/mol. The van der Waals surface area contributed by atoms with Crippen LogP contribution < -0.4 is 0 Å². The molecule has 0 N–H and O–H groups in total. The number of nitrogens with zero attached hydrogens (tertiary/aromatic N) is 1. The first kappa shape index (κ1) is 15.3. The Morgan fingerprint density at radius 3 is 2.39 bits per heavy atom. The summed E-state index contributed by atoms with van der Waals surface area (Å²) in [6.45, 7) is 7.39. The van der Waals surface area contributed by atoms with Gasteiger partial charge in [-0.15, -0.1) is 0 Å². The standard InChI is InChI=1S/C20H18FNO/c1-16(22-12-14-23-15-13-22)18-9-6-17(7-10-18)8-11-19-4-2-3-5-20(19)21/h2-7,9-10H,1,12-15H2. The van der Waals surface area contributed by atoms with Crippen molar-refractivity contribution in [1.29, 1.82) is 0 Å². The molecule has 1 saturated heterocycles. The van der Waals surface area contributed by atoms with Gasteiger partial charge in [-0.3, -0.25) is 0 Å². The van der Waals surface area contributed by atoms with E-state index < -0.39 is 0 Å². The molecule has 1 heterocycles. The number of rotatable bonds is 2. The molecule has 0 radical (unpaired) electrons. The number of benzene rings is 2. The lowest BCUT2D eigenvalue weighted by atomic mass is 10.1. The van der Waals surface area contributed by atoms with Crippen LogP contribution in [0.4, 0.5) is 4.39 Å². The Morgan fingerprint density at radius 2 is 1.70 bits per heavy atom. The van der Waals surface area contributed by atoms with Crippen LogP contribution in [0.1, 0.15) is 16.7 Å². The van der Waals surface area contributed by atoms with E-state index in [1.54, 1.807) is 18.2 Å². The lowest BCUT2D eigenvalue weighted by Crippen LogP contribution is -2.34. The highest BCUT2D eigenvalue weighted by atomic mass is 19.1. The Kier molecular flexibility index (Phi) is 4.75. The van der Waals surface area contributed by atoms with Crippen molar-refractivity contribution >= 4 is 5.70 Å². The fourth-order valence-corrected chi connectivity index (χ4v) is 2.46. The summed E-state index contributed by atoms with van der Waals surface area (Å²) in [5.41, 5.74) is 3.34. The highest BCUT2D eigenvalue weighted by Gasteiger charge is 2.13. The molecule has 0 aliphatic carbocycles. The van der Waals surface area contributed by atoms with Gasteiger partial charge in [0.05, 0.1) is 18.8 Å². The van der Waals surface area contributed by atoms with Gasteiger partial charge in [0.25, 0.3) is 0 Å². The van der Waals surface area contributed by atoms with Crippen molar-refractivity contribution in [2.45, 2.75) is 0 Å². The van der Waals surface area contributed by atoms with Gasteiger partial charge in [-0.05, 0) is 29.8 Å². The lowest BCUT2D eigenvalue weighted by molar-refractivity contribution is 0.0641. The zero-order valence-corrected chi connectivity index (χ0v) is 12.9. The summed E-state index contributed by atoms with van der Waals surface area (Å²) in [7, 11) is 0. The second-order valence-electron chi connectivity index (χ2n) is 5.35. The third-order valence-corrected chi connectivity index (χ3v) is 3.83. The molecule has 0 saturated carbocycles. The van der Waals surface area contributed by atoms with Crippen molar-refractivity contribution in [2.24, 2.45) is 0 Å². The van der Waals surface area contributed by atoms with Crippen molar-refractivity contribution in [3.05, 3.63) is 77.6 Å². The van der Waals surface area contributed by atoms with E-state index >= 15 is 0 Å². The summed E-state index contributed by atoms with van der Waals surface area (Å²) >= 11 is 0. The zero-order valence-electron chi connectivity index (χ0n) is 12.9. The van der Waals surface area contributed by atoms with Crippen LogP contribution >= 0.6 is 0 Å². The molecule has 1 fully saturated rings. The van der Waals surface area contributed by atoms with Gasteiger partial charge >= 0.3 is 0 Å². The van der Waals surface area contributed by atoms with Gasteiger partial charge in [0.1, 0.15) is 5.82 Å². The summed E-state index contributed by atoms with van der Waals surface area (Å²) in [5, 5.41) is 0. The minimum atomic E-state index is -0.294. The van der Waals surface area contributed by atoms with Crippen molar-refractivity contribution in [1.82, 2.24) is 4.90 Å². The predicted molar refractivity (Wildman–Crippen MR) is 90.2 cm³/mol. The second-order valence-corrected chi connectivity index (χ2v) is 5.35. The highest BCUT2D eigenvalue weighted by Crippen LogP contribution is 2.19. The molecule has 1 aliphatic heterocycles. The smallest absolute Gasteiger partial charge is 0.138 e. The molecular formula is C20H18FNO. The van der Waals surface area contributed by atoms with Crippen LogP contribution in [0, 0.1) is 17.7 Å². The fourth-order valence-electron chi connectivity index (χ4n) is 2.46. The maximum Gasteiger partial charge on any atom is 0.138 e. The average Bonchev–Trinajstić information content (AvgIpc) is 2.62. The topological polar surface area (TPSA) is 12.5 Å². The van der Waals surface area contributed by atoms with Crippen LogP contribution in [0.25, 0.3) is 5.70 Å². The highest BCUT2D eigenvalue weighted by molar-refractivity contribution is 5.63. The molecule has 0 atom stereocenters. The van der Waals surface area contributed by atoms with Gasteiger partial charge < -0.3 is 9.64 Å². The molecule has 0 amide bonds. The first-order valence-corrected chi connectivity index (χ1v) is 7.62. The molecule has 3 rings (SSSR count). The number of hydrogen-bond donors (Lipinski definition) is 0. The van der Waals surface area contributed by atoms with Gasteiger partial charge in [-0.2, -0.15) is 0 Å². The van der Waals surface area contributed by atoms with Crippen LogP contribution in [0.15, 0.2) is 55.1 Å². The van der Waals surface area contributed by atoms with Gasteiger partial charge in [0, 0.05) is 24.4 Å². The average molecular weight is 307 g/mol. The van der Waals surface area contributed by atoms with Crippen LogP contribution in [0.2, 0.25) is 0 Å². The largest absolute Gasteiger partial charge is 0.378 e. The lowest BCUT2D eigenvalue weighted by Gasteiger charge is -2.30. The third kappa shape index (κ3) is 3.80. The molecule has 23 heavy (non-hydrogen) atoms. The van der Waals surface area contributed by atoms with Gasteiger partial charge in [0.2, 0.25) is 0 Å². The Bertz CT molecular complexity index is 749. The Morgan fingerprint density at radius 1 is 1.00 bits per heavy atom. The molecule has 0 unspecified atom stereocenters. The Labute approximate surface area is 136 Å². The molecule has 2 aromatic rings. The van der Waals surface area contributed by atoms with Crippen LogP contribution in [-0.2, 0) is 4.74 Å². The van der Waals surface area contributed by atoms with E-state index in [-0.39, 0.29) is 5.82 Å². The number of morpholine rings is 1. The summed E-state index contributed by atoms with van der Waals surface area (Å²) in [5.74, 6) is 5.57. The van der Waals surface area contributed by atoms with E-state index in [2.05, 4.69) is 23.3 Å². The second kappa shape index (κ2) is 7.13. The van der Waals surface area contributed by atoms with Crippen molar-refractivity contribution in [3.8, 4) is 11.8 Å². The molecule has 3 heteroatoms. The SMILES string of the molecule is C=C(c1ccc(C#Cc2ccccc2F)cc1)N1CCOCC1. The van der Waals surface area contributed by atoms with Gasteiger partial charge in [-0.25, -0.2) is 4.39 Å². The van der Waals surface area contributed by atoms with Crippen molar-refractivity contribution in [2.75, 3.05) is 26.3 Å². The van der Waals surface area contributed by atoms with E-state index in [9.17, 15) is 4.39 Å². The first-order chi connectivity index (χ1) is 11.2. The molecular weight excluding hydrogens is 289 g/mol. The predicted octanol–water partition coefficient (Wildman–Crippen LogP) is 3.53. The molecule has 116 valence electrons. The van der Waals surface area contributed by atoms with Gasteiger partial charge in [-0.1, -0.05) is 42.7 Å². The first-order valence-electron chi connectivity index (χ1n) is 7.62. The molecule has 2 aromatic carbocycles. The summed E-state index contributed by atoms with van der Waals surface area (Å²) in [6, 6.07) is 14.4. The van der Waals surface area contributed by atoms with Crippen LogP contribution in [0.5, 0.6) is 0 Å². The van der Waals surface area contributed by atoms with Crippen molar-refractivity contribution in [3.63, 3.8) is 0 Å². The van der Waals surface area contributed by atoms with E-state index in [0.29, 0.717) is 5.56 Å². The maximum absolute atomic E-state index is 13.5. The van der Waals surface area contributed by atoms with E-state index in [4.69, 9.17) is 4.74 Å². The Balaban J connectivity index is 1.73. The maximum atomic E-state index is 13.5. The van der Waals surface area contributed by atoms with Gasteiger partial charge in [0.15, 0.2) is 0 Å². The quantitative estimate of drug-likeness (QED) is 0.787. The number of halogens is 1. The van der Waals surface area contributed by atoms with Crippen molar-refractivity contribution < 1.29 is 9.13 Å². The number of hydrogen-bond acceptors (Lipinski definition) is 2. The normalized spacial score (nSPS) is 14.0. The molecule has 2 nitrogen and oxygen atoms in total. The molecule has 0 bridgehead atoms. The van der Waals surface area contributed by atoms with Crippen LogP contribution in [0.3, 0.4) is 0 Å². The third-order valence-electron chi connectivity index (χ3n) is 3.83. The summed E-state index contributed by atoms with van der Waals surface area (Å²) in [4.78, 5) is 2.23. The summed E-state index contributed by atoms with van der Waals surface area (Å²) in [6.07, 6.45) is 0. The minimum Gasteiger partial charge on any atom is -0.378 e. The molecule has 0 aromatic heterocycles.